The highest BCUT2D eigenvalue weighted by molar-refractivity contribution is 7.92. The zero-order chi connectivity index (χ0) is 12.6. The van der Waals surface area contributed by atoms with Crippen LogP contribution in [0, 0.1) is 12.8 Å². The fourth-order valence-corrected chi connectivity index (χ4v) is 4.36. The second-order valence-electron chi connectivity index (χ2n) is 4.70. The van der Waals surface area contributed by atoms with Crippen LogP contribution in [0.3, 0.4) is 0 Å². The van der Waals surface area contributed by atoms with Crippen molar-refractivity contribution in [2.75, 3.05) is 12.4 Å². The molecule has 0 unspecified atom stereocenters. The van der Waals surface area contributed by atoms with E-state index in [1.807, 2.05) is 31.2 Å². The van der Waals surface area contributed by atoms with Gasteiger partial charge in [0.15, 0.2) is 9.84 Å². The van der Waals surface area contributed by atoms with E-state index in [9.17, 15) is 13.5 Å². The lowest BCUT2D eigenvalue weighted by Crippen LogP contribution is -2.13. The summed E-state index contributed by atoms with van der Waals surface area (Å²) in [4.78, 5) is 0. The first-order valence-corrected chi connectivity index (χ1v) is 7.61. The van der Waals surface area contributed by atoms with Crippen molar-refractivity contribution in [1.29, 1.82) is 0 Å². The van der Waals surface area contributed by atoms with E-state index in [0.29, 0.717) is 0 Å². The maximum absolute atomic E-state index is 11.9. The Hall–Kier alpha value is -0.870. The monoisotopic (exact) mass is 254 g/mol. The molecule has 94 valence electrons. The van der Waals surface area contributed by atoms with E-state index in [1.165, 1.54) is 0 Å². The summed E-state index contributed by atoms with van der Waals surface area (Å²) in [6, 6.07) is 7.90. The first kappa shape index (κ1) is 12.6. The maximum atomic E-state index is 11.9. The lowest BCUT2D eigenvalue weighted by atomic mass is 10.1. The Morgan fingerprint density at radius 3 is 2.29 bits per heavy atom. The molecule has 0 heterocycles. The van der Waals surface area contributed by atoms with Gasteiger partial charge in [0.1, 0.15) is 0 Å². The number of sulfone groups is 1. The van der Waals surface area contributed by atoms with Crippen molar-refractivity contribution in [3.8, 4) is 0 Å². The van der Waals surface area contributed by atoms with Crippen LogP contribution in [0.2, 0.25) is 0 Å². The Kier molecular flexibility index (Phi) is 3.27. The molecule has 1 aliphatic rings. The van der Waals surface area contributed by atoms with Gasteiger partial charge in [0.25, 0.3) is 0 Å². The minimum Gasteiger partial charge on any atom is -0.396 e. The Labute approximate surface area is 102 Å². The molecule has 0 aromatic heterocycles. The Morgan fingerprint density at radius 2 is 1.82 bits per heavy atom. The molecule has 2 rings (SSSR count). The van der Waals surface area contributed by atoms with Gasteiger partial charge >= 0.3 is 0 Å². The summed E-state index contributed by atoms with van der Waals surface area (Å²) in [5.74, 6) is 0.00415. The van der Waals surface area contributed by atoms with Crippen LogP contribution in [0.1, 0.15) is 24.0 Å². The van der Waals surface area contributed by atoms with Crippen LogP contribution in [0.5, 0.6) is 0 Å². The van der Waals surface area contributed by atoms with Crippen LogP contribution in [0.15, 0.2) is 24.3 Å². The van der Waals surface area contributed by atoms with Gasteiger partial charge < -0.3 is 5.11 Å². The van der Waals surface area contributed by atoms with Crippen molar-refractivity contribution in [1.82, 2.24) is 0 Å². The molecule has 0 bridgehead atoms. The first-order chi connectivity index (χ1) is 8.01. The Bertz CT molecular complexity index is 490. The van der Waals surface area contributed by atoms with Gasteiger partial charge in [0, 0.05) is 24.2 Å². The molecule has 0 saturated heterocycles. The zero-order valence-electron chi connectivity index (χ0n) is 10.1. The van der Waals surface area contributed by atoms with Crippen molar-refractivity contribution < 1.29 is 13.5 Å². The van der Waals surface area contributed by atoms with Gasteiger partial charge in [-0.15, -0.1) is 0 Å². The summed E-state index contributed by atoms with van der Waals surface area (Å²) in [5, 5.41) is 8.87. The smallest absolute Gasteiger partial charge is 0.153 e. The first-order valence-electron chi connectivity index (χ1n) is 5.90. The number of aliphatic hydroxyl groups excluding tert-OH is 1. The van der Waals surface area contributed by atoms with E-state index < -0.39 is 9.84 Å². The SMILES string of the molecule is CCS(=O)(=O)[C@@H]1[C@H](CO)[C@@H]1c1ccc(C)cc1. The molecule has 1 saturated carbocycles. The summed E-state index contributed by atoms with van der Waals surface area (Å²) < 4.78 is 23.7. The van der Waals surface area contributed by atoms with E-state index in [-0.39, 0.29) is 29.4 Å². The molecule has 4 heteroatoms. The number of aryl methyl sites for hydroxylation is 1. The second kappa shape index (κ2) is 4.42. The third-order valence-electron chi connectivity index (χ3n) is 3.59. The van der Waals surface area contributed by atoms with Crippen molar-refractivity contribution in [2.24, 2.45) is 5.92 Å². The predicted octanol–water partition coefficient (Wildman–Crippen LogP) is 1.50. The molecular formula is C13H18O3S. The van der Waals surface area contributed by atoms with Crippen molar-refractivity contribution >= 4 is 9.84 Å². The van der Waals surface area contributed by atoms with E-state index in [4.69, 9.17) is 0 Å². The fourth-order valence-electron chi connectivity index (χ4n) is 2.47. The standard InChI is InChI=1S/C13H18O3S/c1-3-17(15,16)13-11(8-14)12(13)10-6-4-9(2)5-7-10/h4-7,11-14H,3,8H2,1-2H3/t11-,12+,13-/m1/s1. The molecule has 1 aliphatic carbocycles. The average molecular weight is 254 g/mol. The second-order valence-corrected chi connectivity index (χ2v) is 7.15. The Morgan fingerprint density at radius 1 is 1.24 bits per heavy atom. The molecule has 1 N–H and O–H groups in total. The third-order valence-corrected chi connectivity index (χ3v) is 5.86. The molecule has 1 fully saturated rings. The third kappa shape index (κ3) is 2.24. The molecule has 3 atom stereocenters. The normalized spacial score (nSPS) is 28.1. The number of aliphatic hydroxyl groups is 1. The number of hydrogen-bond donors (Lipinski definition) is 1. The van der Waals surface area contributed by atoms with E-state index in [1.54, 1.807) is 6.92 Å². The quantitative estimate of drug-likeness (QED) is 0.886. The minimum atomic E-state index is -3.05. The maximum Gasteiger partial charge on any atom is 0.153 e. The number of hydrogen-bond acceptors (Lipinski definition) is 3. The lowest BCUT2D eigenvalue weighted by Gasteiger charge is -2.01. The summed E-state index contributed by atoms with van der Waals surface area (Å²) in [7, 11) is -3.05. The van der Waals surface area contributed by atoms with Crippen molar-refractivity contribution in [3.63, 3.8) is 0 Å². The van der Waals surface area contributed by atoms with Gasteiger partial charge in [-0.25, -0.2) is 8.42 Å². The van der Waals surface area contributed by atoms with Crippen LogP contribution in [-0.4, -0.2) is 31.1 Å². The Balaban J connectivity index is 2.26. The highest BCUT2D eigenvalue weighted by atomic mass is 32.2. The van der Waals surface area contributed by atoms with Gasteiger partial charge in [-0.1, -0.05) is 36.8 Å². The number of rotatable bonds is 4. The van der Waals surface area contributed by atoms with Crippen LogP contribution in [0.4, 0.5) is 0 Å². The van der Waals surface area contributed by atoms with Gasteiger partial charge in [0.2, 0.25) is 0 Å². The van der Waals surface area contributed by atoms with Crippen LogP contribution in [-0.2, 0) is 9.84 Å². The molecule has 1 aromatic rings. The predicted molar refractivity (Wildman–Crippen MR) is 67.7 cm³/mol. The highest BCUT2D eigenvalue weighted by Crippen LogP contribution is 2.52. The van der Waals surface area contributed by atoms with Crippen LogP contribution in [0.25, 0.3) is 0 Å². The fraction of sp³-hybridized carbons (Fsp3) is 0.538. The number of benzene rings is 1. The van der Waals surface area contributed by atoms with E-state index in [0.717, 1.165) is 11.1 Å². The summed E-state index contributed by atoms with van der Waals surface area (Å²) >= 11 is 0. The van der Waals surface area contributed by atoms with E-state index >= 15 is 0 Å². The van der Waals surface area contributed by atoms with Crippen molar-refractivity contribution in [3.05, 3.63) is 35.4 Å². The topological polar surface area (TPSA) is 54.4 Å². The zero-order valence-corrected chi connectivity index (χ0v) is 10.9. The average Bonchev–Trinajstić information content (AvgIpc) is 3.05. The molecule has 3 nitrogen and oxygen atoms in total. The molecule has 17 heavy (non-hydrogen) atoms. The highest BCUT2D eigenvalue weighted by Gasteiger charge is 2.57. The van der Waals surface area contributed by atoms with Gasteiger partial charge in [0.05, 0.1) is 5.25 Å². The molecule has 0 aliphatic heterocycles. The molecular weight excluding hydrogens is 236 g/mol. The van der Waals surface area contributed by atoms with Crippen LogP contribution < -0.4 is 0 Å². The lowest BCUT2D eigenvalue weighted by molar-refractivity contribution is 0.274. The van der Waals surface area contributed by atoms with Gasteiger partial charge in [-0.05, 0) is 12.5 Å². The van der Waals surface area contributed by atoms with Crippen molar-refractivity contribution in [2.45, 2.75) is 25.0 Å². The summed E-state index contributed by atoms with van der Waals surface area (Å²) in [5.41, 5.74) is 2.18. The summed E-state index contributed by atoms with van der Waals surface area (Å²) in [6.07, 6.45) is 0. The molecule has 0 amide bonds. The largest absolute Gasteiger partial charge is 0.396 e. The van der Waals surface area contributed by atoms with E-state index in [2.05, 4.69) is 0 Å². The van der Waals surface area contributed by atoms with Gasteiger partial charge in [-0.2, -0.15) is 0 Å². The molecule has 0 spiro atoms. The van der Waals surface area contributed by atoms with Gasteiger partial charge in [-0.3, -0.25) is 0 Å². The summed E-state index contributed by atoms with van der Waals surface area (Å²) in [6.45, 7) is 3.61. The molecule has 0 radical (unpaired) electrons. The van der Waals surface area contributed by atoms with Crippen LogP contribution >= 0.6 is 0 Å². The molecule has 1 aromatic carbocycles. The minimum absolute atomic E-state index is 0.0226.